The van der Waals surface area contributed by atoms with Gasteiger partial charge in [-0.05, 0) is 35.2 Å². The van der Waals surface area contributed by atoms with Crippen LogP contribution in [0.1, 0.15) is 25.3 Å². The molecule has 1 heterocycles. The summed E-state index contributed by atoms with van der Waals surface area (Å²) in [5.41, 5.74) is 3.14. The average Bonchev–Trinajstić information content (AvgIpc) is 2.39. The first-order valence-corrected chi connectivity index (χ1v) is 6.15. The van der Waals surface area contributed by atoms with Crippen molar-refractivity contribution in [1.82, 2.24) is 9.97 Å². The molecule has 0 aliphatic rings. The lowest BCUT2D eigenvalue weighted by Gasteiger charge is -2.12. The Hall–Kier alpha value is -1.61. The van der Waals surface area contributed by atoms with Gasteiger partial charge < -0.3 is 4.74 Å². The topological polar surface area (TPSA) is 35.0 Å². The van der Waals surface area contributed by atoms with Crippen LogP contribution in [0.15, 0.2) is 30.6 Å². The summed E-state index contributed by atoms with van der Waals surface area (Å²) in [6, 6.07) is 6.15. The molecule has 2 rings (SSSR count). The summed E-state index contributed by atoms with van der Waals surface area (Å²) in [5.74, 6) is 1.27. The number of methoxy groups -OCH3 is 1. The smallest absolute Gasteiger partial charge is 0.222 e. The zero-order valence-electron chi connectivity index (χ0n) is 10.6. The van der Waals surface area contributed by atoms with Crippen molar-refractivity contribution in [3.05, 3.63) is 41.4 Å². The van der Waals surface area contributed by atoms with Crippen molar-refractivity contribution in [2.45, 2.75) is 19.8 Å². The standard InChI is InChI=1S/C14H15ClN2O/c1-9(2)10-4-5-13(18-3)12(6-10)11-7-16-14(15)17-8-11/h4-9H,1-3H3. The molecule has 0 fully saturated rings. The van der Waals surface area contributed by atoms with E-state index in [4.69, 9.17) is 16.3 Å². The van der Waals surface area contributed by atoms with E-state index < -0.39 is 0 Å². The van der Waals surface area contributed by atoms with E-state index in [-0.39, 0.29) is 5.28 Å². The van der Waals surface area contributed by atoms with E-state index in [9.17, 15) is 0 Å². The average molecular weight is 263 g/mol. The van der Waals surface area contributed by atoms with Crippen LogP contribution in [0.3, 0.4) is 0 Å². The molecular formula is C14H15ClN2O. The molecule has 1 aromatic heterocycles. The Morgan fingerprint density at radius 1 is 1.17 bits per heavy atom. The quantitative estimate of drug-likeness (QED) is 0.786. The van der Waals surface area contributed by atoms with E-state index in [2.05, 4.69) is 35.9 Å². The van der Waals surface area contributed by atoms with Crippen molar-refractivity contribution in [2.24, 2.45) is 0 Å². The van der Waals surface area contributed by atoms with Gasteiger partial charge in [0.1, 0.15) is 5.75 Å². The fourth-order valence-corrected chi connectivity index (χ4v) is 1.86. The molecule has 0 amide bonds. The van der Waals surface area contributed by atoms with E-state index >= 15 is 0 Å². The van der Waals surface area contributed by atoms with Crippen molar-refractivity contribution in [3.8, 4) is 16.9 Å². The van der Waals surface area contributed by atoms with Gasteiger partial charge in [-0.15, -0.1) is 0 Å². The van der Waals surface area contributed by atoms with Crippen LogP contribution < -0.4 is 4.74 Å². The van der Waals surface area contributed by atoms with E-state index in [1.54, 1.807) is 19.5 Å². The molecule has 0 saturated carbocycles. The Morgan fingerprint density at radius 2 is 1.83 bits per heavy atom. The minimum absolute atomic E-state index is 0.248. The lowest BCUT2D eigenvalue weighted by Crippen LogP contribution is -1.94. The first-order chi connectivity index (χ1) is 8.61. The summed E-state index contributed by atoms with van der Waals surface area (Å²) in [5, 5.41) is 0.248. The highest BCUT2D eigenvalue weighted by molar-refractivity contribution is 6.28. The van der Waals surface area contributed by atoms with Crippen LogP contribution in [0.4, 0.5) is 0 Å². The van der Waals surface area contributed by atoms with E-state index in [1.165, 1.54) is 5.56 Å². The third kappa shape index (κ3) is 2.62. The summed E-state index contributed by atoms with van der Waals surface area (Å²) in [6.07, 6.45) is 3.41. The predicted octanol–water partition coefficient (Wildman–Crippen LogP) is 3.93. The first kappa shape index (κ1) is 12.8. The zero-order valence-corrected chi connectivity index (χ0v) is 11.4. The SMILES string of the molecule is COc1ccc(C(C)C)cc1-c1cnc(Cl)nc1. The lowest BCUT2D eigenvalue weighted by atomic mass is 9.98. The van der Waals surface area contributed by atoms with Gasteiger partial charge in [-0.3, -0.25) is 0 Å². The number of benzene rings is 1. The normalized spacial score (nSPS) is 10.7. The molecule has 0 spiro atoms. The predicted molar refractivity (Wildman–Crippen MR) is 73.1 cm³/mol. The molecule has 0 radical (unpaired) electrons. The third-order valence-corrected chi connectivity index (χ3v) is 3.02. The summed E-state index contributed by atoms with van der Waals surface area (Å²) in [6.45, 7) is 4.31. The van der Waals surface area contributed by atoms with Crippen LogP contribution >= 0.6 is 11.6 Å². The van der Waals surface area contributed by atoms with Crippen molar-refractivity contribution < 1.29 is 4.74 Å². The Labute approximate surface area is 112 Å². The van der Waals surface area contributed by atoms with Gasteiger partial charge >= 0.3 is 0 Å². The lowest BCUT2D eigenvalue weighted by molar-refractivity contribution is 0.416. The van der Waals surface area contributed by atoms with Gasteiger partial charge in [0, 0.05) is 23.5 Å². The summed E-state index contributed by atoms with van der Waals surface area (Å²) in [4.78, 5) is 8.01. The van der Waals surface area contributed by atoms with Crippen LogP contribution in [0, 0.1) is 0 Å². The maximum Gasteiger partial charge on any atom is 0.222 e. The van der Waals surface area contributed by atoms with Gasteiger partial charge in [-0.2, -0.15) is 0 Å². The number of hydrogen-bond acceptors (Lipinski definition) is 3. The third-order valence-electron chi connectivity index (χ3n) is 2.82. The molecule has 0 aliphatic carbocycles. The number of aromatic nitrogens is 2. The molecule has 94 valence electrons. The fourth-order valence-electron chi connectivity index (χ4n) is 1.76. The van der Waals surface area contributed by atoms with Gasteiger partial charge in [0.05, 0.1) is 7.11 Å². The van der Waals surface area contributed by atoms with E-state index in [1.807, 2.05) is 6.07 Å². The maximum absolute atomic E-state index is 5.70. The highest BCUT2D eigenvalue weighted by Crippen LogP contribution is 2.32. The first-order valence-electron chi connectivity index (χ1n) is 5.77. The van der Waals surface area contributed by atoms with Gasteiger partial charge in [0.25, 0.3) is 0 Å². The van der Waals surface area contributed by atoms with Crippen LogP contribution in [0.25, 0.3) is 11.1 Å². The Balaban J connectivity index is 2.53. The molecule has 18 heavy (non-hydrogen) atoms. The molecule has 0 unspecified atom stereocenters. The van der Waals surface area contributed by atoms with E-state index in [0.717, 1.165) is 16.9 Å². The van der Waals surface area contributed by atoms with E-state index in [0.29, 0.717) is 5.92 Å². The largest absolute Gasteiger partial charge is 0.496 e. The second-order valence-electron chi connectivity index (χ2n) is 4.36. The number of rotatable bonds is 3. The molecule has 0 atom stereocenters. The van der Waals surface area contributed by atoms with Crippen LogP contribution in [0.5, 0.6) is 5.75 Å². The van der Waals surface area contributed by atoms with Gasteiger partial charge in [0.15, 0.2) is 0 Å². The van der Waals surface area contributed by atoms with Crippen LogP contribution in [-0.4, -0.2) is 17.1 Å². The van der Waals surface area contributed by atoms with Gasteiger partial charge in [-0.25, -0.2) is 9.97 Å². The molecule has 0 saturated heterocycles. The van der Waals surface area contributed by atoms with Gasteiger partial charge in [0.2, 0.25) is 5.28 Å². The number of hydrogen-bond donors (Lipinski definition) is 0. The molecule has 3 nitrogen and oxygen atoms in total. The number of ether oxygens (including phenoxy) is 1. The fraction of sp³-hybridized carbons (Fsp3) is 0.286. The molecule has 1 aromatic carbocycles. The van der Waals surface area contributed by atoms with Crippen molar-refractivity contribution >= 4 is 11.6 Å². The molecule has 4 heteroatoms. The Morgan fingerprint density at radius 3 is 2.39 bits per heavy atom. The molecule has 0 N–H and O–H groups in total. The second kappa shape index (κ2) is 5.36. The molecule has 0 bridgehead atoms. The summed E-state index contributed by atoms with van der Waals surface area (Å²) < 4.78 is 5.38. The maximum atomic E-state index is 5.70. The van der Waals surface area contributed by atoms with Gasteiger partial charge in [-0.1, -0.05) is 19.9 Å². The monoisotopic (exact) mass is 262 g/mol. The molecule has 0 aliphatic heterocycles. The highest BCUT2D eigenvalue weighted by atomic mass is 35.5. The zero-order chi connectivity index (χ0) is 13.1. The molecular weight excluding hydrogens is 248 g/mol. The highest BCUT2D eigenvalue weighted by Gasteiger charge is 2.09. The summed E-state index contributed by atoms with van der Waals surface area (Å²) in [7, 11) is 1.66. The van der Waals surface area contributed by atoms with Crippen molar-refractivity contribution in [3.63, 3.8) is 0 Å². The number of halogens is 1. The minimum atomic E-state index is 0.248. The van der Waals surface area contributed by atoms with Crippen molar-refractivity contribution in [2.75, 3.05) is 7.11 Å². The van der Waals surface area contributed by atoms with Crippen LogP contribution in [-0.2, 0) is 0 Å². The van der Waals surface area contributed by atoms with Crippen molar-refractivity contribution in [1.29, 1.82) is 0 Å². The summed E-state index contributed by atoms with van der Waals surface area (Å²) >= 11 is 5.70. The Kier molecular flexibility index (Phi) is 3.82. The second-order valence-corrected chi connectivity index (χ2v) is 4.69. The number of nitrogens with zero attached hydrogens (tertiary/aromatic N) is 2. The van der Waals surface area contributed by atoms with Crippen LogP contribution in [0.2, 0.25) is 5.28 Å². The minimum Gasteiger partial charge on any atom is -0.496 e. The Bertz CT molecular complexity index is 538. The molecule has 2 aromatic rings.